The Kier molecular flexibility index (Phi) is 6.96. The monoisotopic (exact) mass is 312 g/mol. The van der Waals surface area contributed by atoms with Crippen LogP contribution in [-0.4, -0.2) is 43.0 Å². The Labute approximate surface area is 134 Å². The van der Waals surface area contributed by atoms with E-state index in [-0.39, 0.29) is 19.2 Å². The van der Waals surface area contributed by atoms with Gasteiger partial charge >= 0.3 is 6.03 Å². The number of hydrogen-bond donors (Lipinski definition) is 3. The third kappa shape index (κ3) is 6.53. The van der Waals surface area contributed by atoms with Gasteiger partial charge in [-0.15, -0.1) is 0 Å². The van der Waals surface area contributed by atoms with E-state index in [1.165, 1.54) is 25.7 Å². The van der Waals surface area contributed by atoms with Crippen molar-refractivity contribution in [2.75, 3.05) is 19.8 Å². The standard InChI is InChI=1S/C17H32N2O3/c1-12(2)10-22-11-16(20)9-18-17(21)19-15-5-3-4-14(8-15)13-6-7-13/h12-16,20H,3-11H2,1-2H3,(H2,18,19,21). The number of rotatable bonds is 8. The van der Waals surface area contributed by atoms with Gasteiger partial charge in [-0.25, -0.2) is 4.79 Å². The number of ether oxygens (including phenoxy) is 1. The average molecular weight is 312 g/mol. The maximum absolute atomic E-state index is 11.9. The van der Waals surface area contributed by atoms with Crippen molar-refractivity contribution in [2.45, 2.75) is 64.5 Å². The fourth-order valence-corrected chi connectivity index (χ4v) is 3.30. The minimum Gasteiger partial charge on any atom is -0.389 e. The molecule has 2 saturated carbocycles. The van der Waals surface area contributed by atoms with Crippen LogP contribution < -0.4 is 10.6 Å². The average Bonchev–Trinajstić information content (AvgIpc) is 3.30. The molecule has 0 heterocycles. The van der Waals surface area contributed by atoms with E-state index in [0.717, 1.165) is 24.7 Å². The number of carbonyl (C=O) groups excluding carboxylic acids is 1. The van der Waals surface area contributed by atoms with Crippen LogP contribution in [-0.2, 0) is 4.74 Å². The maximum Gasteiger partial charge on any atom is 0.315 e. The molecular weight excluding hydrogens is 280 g/mol. The Hall–Kier alpha value is -0.810. The first-order valence-electron chi connectivity index (χ1n) is 8.84. The fraction of sp³-hybridized carbons (Fsp3) is 0.941. The van der Waals surface area contributed by atoms with E-state index < -0.39 is 6.10 Å². The van der Waals surface area contributed by atoms with Gasteiger partial charge in [0.15, 0.2) is 0 Å². The molecule has 0 radical (unpaired) electrons. The molecule has 0 saturated heterocycles. The summed E-state index contributed by atoms with van der Waals surface area (Å²) in [4.78, 5) is 11.9. The van der Waals surface area contributed by atoms with Crippen LogP contribution in [0.4, 0.5) is 4.79 Å². The number of hydrogen-bond acceptors (Lipinski definition) is 3. The zero-order valence-corrected chi connectivity index (χ0v) is 14.0. The van der Waals surface area contributed by atoms with Crippen LogP contribution >= 0.6 is 0 Å². The highest BCUT2D eigenvalue weighted by atomic mass is 16.5. The van der Waals surface area contributed by atoms with Crippen LogP contribution in [0.15, 0.2) is 0 Å². The van der Waals surface area contributed by atoms with Gasteiger partial charge in [0.1, 0.15) is 0 Å². The van der Waals surface area contributed by atoms with Gasteiger partial charge in [0.25, 0.3) is 0 Å². The quantitative estimate of drug-likeness (QED) is 0.644. The first-order chi connectivity index (χ1) is 10.5. The van der Waals surface area contributed by atoms with Crippen molar-refractivity contribution in [3.8, 4) is 0 Å². The Morgan fingerprint density at radius 3 is 2.64 bits per heavy atom. The summed E-state index contributed by atoms with van der Waals surface area (Å²) in [5.41, 5.74) is 0. The molecule has 0 aromatic carbocycles. The van der Waals surface area contributed by atoms with Crippen LogP contribution in [0.1, 0.15) is 52.4 Å². The van der Waals surface area contributed by atoms with Crippen LogP contribution in [0.5, 0.6) is 0 Å². The van der Waals surface area contributed by atoms with Crippen molar-refractivity contribution in [3.05, 3.63) is 0 Å². The lowest BCUT2D eigenvalue weighted by Gasteiger charge is -2.30. The van der Waals surface area contributed by atoms with Gasteiger partial charge in [-0.3, -0.25) is 0 Å². The molecule has 5 nitrogen and oxygen atoms in total. The van der Waals surface area contributed by atoms with Crippen LogP contribution in [0.25, 0.3) is 0 Å². The molecule has 2 amide bonds. The van der Waals surface area contributed by atoms with E-state index in [2.05, 4.69) is 24.5 Å². The van der Waals surface area contributed by atoms with E-state index in [4.69, 9.17) is 4.74 Å². The first kappa shape index (κ1) is 17.5. The van der Waals surface area contributed by atoms with Crippen LogP contribution in [0.2, 0.25) is 0 Å². The normalized spacial score (nSPS) is 26.7. The lowest BCUT2D eigenvalue weighted by Crippen LogP contribution is -2.46. The summed E-state index contributed by atoms with van der Waals surface area (Å²) in [6.45, 7) is 5.27. The topological polar surface area (TPSA) is 70.6 Å². The van der Waals surface area contributed by atoms with E-state index in [1.54, 1.807) is 0 Å². The highest BCUT2D eigenvalue weighted by Gasteiger charge is 2.34. The van der Waals surface area contributed by atoms with Gasteiger partial charge < -0.3 is 20.5 Å². The Bertz CT molecular complexity index is 345. The predicted molar refractivity (Wildman–Crippen MR) is 86.7 cm³/mol. The molecule has 2 rings (SSSR count). The maximum atomic E-state index is 11.9. The first-order valence-corrected chi connectivity index (χ1v) is 8.84. The van der Waals surface area contributed by atoms with Crippen molar-refractivity contribution in [1.29, 1.82) is 0 Å². The molecule has 2 aliphatic carbocycles. The van der Waals surface area contributed by atoms with Gasteiger partial charge in [-0.05, 0) is 43.4 Å². The van der Waals surface area contributed by atoms with Crippen molar-refractivity contribution in [2.24, 2.45) is 17.8 Å². The Morgan fingerprint density at radius 1 is 1.18 bits per heavy atom. The van der Waals surface area contributed by atoms with Crippen molar-refractivity contribution < 1.29 is 14.6 Å². The Morgan fingerprint density at radius 2 is 1.95 bits per heavy atom. The zero-order valence-electron chi connectivity index (χ0n) is 14.0. The second-order valence-corrected chi connectivity index (χ2v) is 7.40. The largest absolute Gasteiger partial charge is 0.389 e. The molecule has 0 bridgehead atoms. The number of aliphatic hydroxyl groups is 1. The Balaban J connectivity index is 1.56. The number of carbonyl (C=O) groups is 1. The van der Waals surface area contributed by atoms with E-state index in [9.17, 15) is 9.90 Å². The molecule has 3 N–H and O–H groups in total. The van der Waals surface area contributed by atoms with Crippen LogP contribution in [0.3, 0.4) is 0 Å². The third-order valence-corrected chi connectivity index (χ3v) is 4.60. The van der Waals surface area contributed by atoms with Crippen molar-refractivity contribution in [3.63, 3.8) is 0 Å². The van der Waals surface area contributed by atoms with Crippen molar-refractivity contribution in [1.82, 2.24) is 10.6 Å². The summed E-state index contributed by atoms with van der Waals surface area (Å²) in [5.74, 6) is 2.19. The highest BCUT2D eigenvalue weighted by molar-refractivity contribution is 5.74. The molecule has 2 aliphatic rings. The lowest BCUT2D eigenvalue weighted by atomic mass is 9.83. The molecule has 0 aliphatic heterocycles. The minimum absolute atomic E-state index is 0.163. The summed E-state index contributed by atoms with van der Waals surface area (Å²) in [5, 5.41) is 15.6. The number of urea groups is 1. The summed E-state index contributed by atoms with van der Waals surface area (Å²) in [7, 11) is 0. The van der Waals surface area contributed by atoms with E-state index in [0.29, 0.717) is 18.6 Å². The third-order valence-electron chi connectivity index (χ3n) is 4.60. The number of amides is 2. The molecule has 0 aromatic rings. The predicted octanol–water partition coefficient (Wildman–Crippen LogP) is 2.29. The second kappa shape index (κ2) is 8.73. The molecular formula is C17H32N2O3. The van der Waals surface area contributed by atoms with Gasteiger partial charge in [0, 0.05) is 19.2 Å². The smallest absolute Gasteiger partial charge is 0.315 e. The molecule has 0 spiro atoms. The van der Waals surface area contributed by atoms with Gasteiger partial charge in [-0.1, -0.05) is 26.7 Å². The van der Waals surface area contributed by atoms with Gasteiger partial charge in [0.2, 0.25) is 0 Å². The fourth-order valence-electron chi connectivity index (χ4n) is 3.30. The van der Waals surface area contributed by atoms with Crippen molar-refractivity contribution >= 4 is 6.03 Å². The van der Waals surface area contributed by atoms with E-state index in [1.807, 2.05) is 0 Å². The summed E-state index contributed by atoms with van der Waals surface area (Å²) < 4.78 is 5.36. The SMILES string of the molecule is CC(C)COCC(O)CNC(=O)NC1CCCC(C2CC2)C1. The van der Waals surface area contributed by atoms with Gasteiger partial charge in [0.05, 0.1) is 12.7 Å². The van der Waals surface area contributed by atoms with Crippen LogP contribution in [0, 0.1) is 17.8 Å². The molecule has 2 fully saturated rings. The molecule has 0 aromatic heterocycles. The molecule has 3 unspecified atom stereocenters. The van der Waals surface area contributed by atoms with E-state index >= 15 is 0 Å². The lowest BCUT2D eigenvalue weighted by molar-refractivity contribution is 0.0272. The summed E-state index contributed by atoms with van der Waals surface area (Å²) >= 11 is 0. The minimum atomic E-state index is -0.643. The number of nitrogens with one attached hydrogen (secondary N) is 2. The molecule has 3 atom stereocenters. The summed E-state index contributed by atoms with van der Waals surface area (Å²) in [6.07, 6.45) is 6.87. The highest BCUT2D eigenvalue weighted by Crippen LogP contribution is 2.43. The zero-order chi connectivity index (χ0) is 15.9. The van der Waals surface area contributed by atoms with Gasteiger partial charge in [-0.2, -0.15) is 0 Å². The summed E-state index contributed by atoms with van der Waals surface area (Å²) in [6, 6.07) is 0.137. The molecule has 22 heavy (non-hydrogen) atoms. The molecule has 5 heteroatoms. The molecule has 128 valence electrons. The second-order valence-electron chi connectivity index (χ2n) is 7.40. The number of aliphatic hydroxyl groups excluding tert-OH is 1.